The summed E-state index contributed by atoms with van der Waals surface area (Å²) in [6, 6.07) is 20.4. The van der Waals surface area contributed by atoms with Gasteiger partial charge in [0.15, 0.2) is 0 Å². The van der Waals surface area contributed by atoms with Gasteiger partial charge in [-0.3, -0.25) is 9.59 Å². The summed E-state index contributed by atoms with van der Waals surface area (Å²) in [5.41, 5.74) is 1.53. The lowest BCUT2D eigenvalue weighted by atomic mass is 9.94. The molecule has 5 nitrogen and oxygen atoms in total. The van der Waals surface area contributed by atoms with Gasteiger partial charge in [-0.1, -0.05) is 65.3 Å². The SMILES string of the molecule is O=C1[C@@H]2C(c3ccccc3Cl)=NO[C@@H]2C(=O)N1c1ccc2ccccc2c1. The molecule has 0 aromatic heterocycles. The van der Waals surface area contributed by atoms with E-state index >= 15 is 0 Å². The number of fused-ring (bicyclic) bond motifs is 2. The Hall–Kier alpha value is -3.18. The largest absolute Gasteiger partial charge is 0.381 e. The molecule has 0 radical (unpaired) electrons. The van der Waals surface area contributed by atoms with E-state index in [1.807, 2.05) is 36.4 Å². The molecule has 2 heterocycles. The molecule has 5 rings (SSSR count). The van der Waals surface area contributed by atoms with Crippen LogP contribution in [0.1, 0.15) is 5.56 Å². The average molecular weight is 377 g/mol. The molecular formula is C21H13ClN2O3. The summed E-state index contributed by atoms with van der Waals surface area (Å²) < 4.78 is 0. The van der Waals surface area contributed by atoms with Crippen molar-refractivity contribution in [3.8, 4) is 0 Å². The molecule has 1 fully saturated rings. The normalized spacial score (nSPS) is 21.4. The molecule has 0 bridgehead atoms. The van der Waals surface area contributed by atoms with Crippen molar-refractivity contribution in [3.63, 3.8) is 0 Å². The molecule has 2 atom stereocenters. The van der Waals surface area contributed by atoms with Gasteiger partial charge in [0, 0.05) is 10.6 Å². The van der Waals surface area contributed by atoms with Crippen LogP contribution in [0.5, 0.6) is 0 Å². The van der Waals surface area contributed by atoms with Crippen LogP contribution in [0.3, 0.4) is 0 Å². The topological polar surface area (TPSA) is 59.0 Å². The number of rotatable bonds is 2. The summed E-state index contributed by atoms with van der Waals surface area (Å²) >= 11 is 6.25. The van der Waals surface area contributed by atoms with Gasteiger partial charge in [-0.25, -0.2) is 4.90 Å². The van der Waals surface area contributed by atoms with Gasteiger partial charge < -0.3 is 4.84 Å². The number of amides is 2. The van der Waals surface area contributed by atoms with Gasteiger partial charge in [0.2, 0.25) is 12.0 Å². The highest BCUT2D eigenvalue weighted by Crippen LogP contribution is 2.37. The number of imide groups is 1. The van der Waals surface area contributed by atoms with E-state index in [9.17, 15) is 9.59 Å². The van der Waals surface area contributed by atoms with Crippen molar-refractivity contribution in [2.45, 2.75) is 6.10 Å². The Kier molecular flexibility index (Phi) is 3.52. The summed E-state index contributed by atoms with van der Waals surface area (Å²) in [4.78, 5) is 32.5. The van der Waals surface area contributed by atoms with Gasteiger partial charge in [0.1, 0.15) is 11.6 Å². The molecule has 0 unspecified atom stereocenters. The maximum atomic E-state index is 13.1. The van der Waals surface area contributed by atoms with Crippen LogP contribution in [-0.4, -0.2) is 23.6 Å². The van der Waals surface area contributed by atoms with E-state index in [1.54, 1.807) is 30.3 Å². The van der Waals surface area contributed by atoms with E-state index in [-0.39, 0.29) is 5.91 Å². The highest BCUT2D eigenvalue weighted by atomic mass is 35.5. The Morgan fingerprint density at radius 2 is 1.63 bits per heavy atom. The minimum Gasteiger partial charge on any atom is -0.381 e. The van der Waals surface area contributed by atoms with E-state index in [4.69, 9.17) is 16.4 Å². The monoisotopic (exact) mass is 376 g/mol. The summed E-state index contributed by atoms with van der Waals surface area (Å²) in [6.07, 6.45) is -0.949. The van der Waals surface area contributed by atoms with E-state index in [2.05, 4.69) is 5.16 Å². The molecular weight excluding hydrogens is 364 g/mol. The van der Waals surface area contributed by atoms with Crippen LogP contribution in [0.15, 0.2) is 71.9 Å². The molecule has 2 amide bonds. The fourth-order valence-electron chi connectivity index (χ4n) is 3.64. The molecule has 1 saturated heterocycles. The third-order valence-corrected chi connectivity index (χ3v) is 5.28. The number of carbonyl (C=O) groups excluding carboxylic acids is 2. The molecule has 0 saturated carbocycles. The maximum Gasteiger partial charge on any atom is 0.278 e. The van der Waals surface area contributed by atoms with Crippen molar-refractivity contribution >= 4 is 45.6 Å². The van der Waals surface area contributed by atoms with E-state index in [0.29, 0.717) is 22.0 Å². The number of anilines is 1. The van der Waals surface area contributed by atoms with Crippen LogP contribution < -0.4 is 4.90 Å². The second-order valence-electron chi connectivity index (χ2n) is 6.50. The zero-order valence-electron chi connectivity index (χ0n) is 14.0. The minimum absolute atomic E-state index is 0.351. The van der Waals surface area contributed by atoms with Crippen LogP contribution in [0.2, 0.25) is 5.02 Å². The summed E-state index contributed by atoms with van der Waals surface area (Å²) in [5.74, 6) is -1.55. The Labute approximate surface area is 159 Å². The Bertz CT molecular complexity index is 1140. The van der Waals surface area contributed by atoms with Crippen molar-refractivity contribution in [1.29, 1.82) is 0 Å². The minimum atomic E-state index is -0.949. The Morgan fingerprint density at radius 3 is 2.44 bits per heavy atom. The highest BCUT2D eigenvalue weighted by Gasteiger charge is 2.56. The lowest BCUT2D eigenvalue weighted by molar-refractivity contribution is -0.126. The standard InChI is InChI=1S/C21H13ClN2O3/c22-16-8-4-3-7-15(16)18-17-19(27-23-18)21(26)24(20(17)25)14-10-9-12-5-1-2-6-13(12)11-14/h1-11,17,19H/t17-,19+/m1/s1. The lowest BCUT2D eigenvalue weighted by Gasteiger charge is -2.16. The number of hydrogen-bond donors (Lipinski definition) is 0. The molecule has 0 N–H and O–H groups in total. The van der Waals surface area contributed by atoms with Crippen molar-refractivity contribution in [2.24, 2.45) is 11.1 Å². The lowest BCUT2D eigenvalue weighted by Crippen LogP contribution is -2.33. The number of oxime groups is 1. The molecule has 2 aliphatic heterocycles. The van der Waals surface area contributed by atoms with Gasteiger partial charge in [-0.2, -0.15) is 0 Å². The summed E-state index contributed by atoms with van der Waals surface area (Å²) in [5, 5.41) is 6.45. The molecule has 27 heavy (non-hydrogen) atoms. The number of hydrogen-bond acceptors (Lipinski definition) is 4. The molecule has 132 valence electrons. The molecule has 6 heteroatoms. The first-order chi connectivity index (χ1) is 13.1. The van der Waals surface area contributed by atoms with Gasteiger partial charge in [-0.05, 0) is 29.0 Å². The molecule has 2 aliphatic rings. The second kappa shape index (κ2) is 5.93. The Morgan fingerprint density at radius 1 is 0.889 bits per heavy atom. The fraction of sp³-hybridized carbons (Fsp3) is 0.0952. The number of nitrogens with zero attached hydrogens (tertiary/aromatic N) is 2. The third-order valence-electron chi connectivity index (χ3n) is 4.95. The zero-order chi connectivity index (χ0) is 18.5. The average Bonchev–Trinajstić information content (AvgIpc) is 3.22. The van der Waals surface area contributed by atoms with E-state index in [1.165, 1.54) is 4.90 Å². The van der Waals surface area contributed by atoms with Gasteiger partial charge in [-0.15, -0.1) is 0 Å². The van der Waals surface area contributed by atoms with E-state index in [0.717, 1.165) is 10.8 Å². The van der Waals surface area contributed by atoms with Crippen LogP contribution in [0.25, 0.3) is 10.8 Å². The Balaban J connectivity index is 1.55. The van der Waals surface area contributed by atoms with Gasteiger partial charge >= 0.3 is 0 Å². The predicted octanol–water partition coefficient (Wildman–Crippen LogP) is 3.79. The van der Waals surface area contributed by atoms with Crippen LogP contribution in [0.4, 0.5) is 5.69 Å². The van der Waals surface area contributed by atoms with Crippen molar-refractivity contribution < 1.29 is 14.4 Å². The zero-order valence-corrected chi connectivity index (χ0v) is 14.8. The smallest absolute Gasteiger partial charge is 0.278 e. The number of halogens is 1. The third kappa shape index (κ3) is 2.35. The fourth-order valence-corrected chi connectivity index (χ4v) is 3.87. The van der Waals surface area contributed by atoms with Crippen molar-refractivity contribution in [3.05, 3.63) is 77.3 Å². The molecule has 0 spiro atoms. The van der Waals surface area contributed by atoms with Crippen LogP contribution >= 0.6 is 11.6 Å². The highest BCUT2D eigenvalue weighted by molar-refractivity contribution is 6.38. The van der Waals surface area contributed by atoms with Crippen molar-refractivity contribution in [2.75, 3.05) is 4.90 Å². The number of benzene rings is 3. The molecule has 0 aliphatic carbocycles. The van der Waals surface area contributed by atoms with Gasteiger partial charge in [0.25, 0.3) is 5.91 Å². The number of carbonyl (C=O) groups is 2. The molecule has 3 aromatic rings. The first-order valence-electron chi connectivity index (χ1n) is 8.50. The van der Waals surface area contributed by atoms with Crippen LogP contribution in [0, 0.1) is 5.92 Å². The summed E-state index contributed by atoms with van der Waals surface area (Å²) in [7, 11) is 0. The van der Waals surface area contributed by atoms with E-state index < -0.39 is 17.9 Å². The van der Waals surface area contributed by atoms with Gasteiger partial charge in [0.05, 0.1) is 5.69 Å². The van der Waals surface area contributed by atoms with Crippen molar-refractivity contribution in [1.82, 2.24) is 0 Å². The molecule has 3 aromatic carbocycles. The summed E-state index contributed by atoms with van der Waals surface area (Å²) in [6.45, 7) is 0. The van der Waals surface area contributed by atoms with Crippen LogP contribution in [-0.2, 0) is 14.4 Å². The first-order valence-corrected chi connectivity index (χ1v) is 8.88. The maximum absolute atomic E-state index is 13.1. The quantitative estimate of drug-likeness (QED) is 0.639. The first kappa shape index (κ1) is 16.0. The second-order valence-corrected chi connectivity index (χ2v) is 6.91. The predicted molar refractivity (Wildman–Crippen MR) is 103 cm³/mol.